The number of benzene rings is 1. The molecule has 0 spiro atoms. The molecule has 1 fully saturated rings. The highest BCUT2D eigenvalue weighted by atomic mass is 16.3. The number of aromatic hydroxyl groups is 1. The van der Waals surface area contributed by atoms with Crippen LogP contribution in [-0.4, -0.2) is 5.11 Å². The third-order valence-electron chi connectivity index (χ3n) is 4.29. The Balaban J connectivity index is 2.29. The molecule has 0 amide bonds. The minimum absolute atomic E-state index is 0.359. The Kier molecular flexibility index (Phi) is 3.76. The van der Waals surface area contributed by atoms with Crippen molar-refractivity contribution in [2.24, 2.45) is 17.8 Å². The van der Waals surface area contributed by atoms with E-state index < -0.39 is 0 Å². The fraction of sp³-hybridized carbons (Fsp3) is 0.625. The molecule has 0 bridgehead atoms. The SMILES string of the molecule is CC1CCC(C(C)C)C(c2ccc[c]c2O)C1. The van der Waals surface area contributed by atoms with Crippen molar-refractivity contribution in [1.82, 2.24) is 0 Å². The molecule has 0 saturated heterocycles. The van der Waals surface area contributed by atoms with Gasteiger partial charge in [-0.15, -0.1) is 0 Å². The normalized spacial score (nSPS) is 29.5. The topological polar surface area (TPSA) is 20.2 Å². The third-order valence-corrected chi connectivity index (χ3v) is 4.29. The standard InChI is InChI=1S/C16H23O/c1-11(2)13-9-8-12(3)10-15(13)14-6-4-5-7-16(14)17/h4-6,11-13,15,17H,8-10H2,1-3H3. The summed E-state index contributed by atoms with van der Waals surface area (Å²) in [5.41, 5.74) is 1.11. The van der Waals surface area contributed by atoms with Gasteiger partial charge in [0.05, 0.1) is 0 Å². The Morgan fingerprint density at radius 1 is 1.35 bits per heavy atom. The summed E-state index contributed by atoms with van der Waals surface area (Å²) < 4.78 is 0. The van der Waals surface area contributed by atoms with Gasteiger partial charge >= 0.3 is 0 Å². The molecule has 1 aliphatic rings. The molecule has 3 unspecified atom stereocenters. The summed E-state index contributed by atoms with van der Waals surface area (Å²) in [4.78, 5) is 0. The van der Waals surface area contributed by atoms with E-state index in [2.05, 4.69) is 32.9 Å². The zero-order valence-corrected chi connectivity index (χ0v) is 11.1. The highest BCUT2D eigenvalue weighted by Crippen LogP contribution is 2.45. The van der Waals surface area contributed by atoms with Crippen molar-refractivity contribution >= 4 is 0 Å². The Hall–Kier alpha value is -0.980. The van der Waals surface area contributed by atoms with Crippen LogP contribution >= 0.6 is 0 Å². The maximum absolute atomic E-state index is 9.99. The monoisotopic (exact) mass is 231 g/mol. The fourth-order valence-electron chi connectivity index (χ4n) is 3.30. The maximum atomic E-state index is 9.99. The first-order valence-electron chi connectivity index (χ1n) is 6.79. The molecule has 1 heteroatoms. The van der Waals surface area contributed by atoms with Crippen LogP contribution in [0.15, 0.2) is 18.2 Å². The molecular formula is C16H23O. The fourth-order valence-corrected chi connectivity index (χ4v) is 3.30. The van der Waals surface area contributed by atoms with Gasteiger partial charge in [-0.3, -0.25) is 0 Å². The van der Waals surface area contributed by atoms with Crippen LogP contribution in [0.5, 0.6) is 5.75 Å². The first-order valence-corrected chi connectivity index (χ1v) is 6.79. The van der Waals surface area contributed by atoms with E-state index in [0.717, 1.165) is 11.5 Å². The van der Waals surface area contributed by atoms with Gasteiger partial charge in [-0.25, -0.2) is 0 Å². The van der Waals surface area contributed by atoms with E-state index in [4.69, 9.17) is 0 Å². The highest BCUT2D eigenvalue weighted by Gasteiger charge is 2.32. The van der Waals surface area contributed by atoms with E-state index in [-0.39, 0.29) is 0 Å². The van der Waals surface area contributed by atoms with Gasteiger partial charge in [0.15, 0.2) is 0 Å². The first kappa shape index (κ1) is 12.5. The zero-order valence-electron chi connectivity index (χ0n) is 11.1. The van der Waals surface area contributed by atoms with E-state index in [0.29, 0.717) is 23.5 Å². The lowest BCUT2D eigenvalue weighted by atomic mass is 9.67. The summed E-state index contributed by atoms with van der Waals surface area (Å²) in [6.45, 7) is 6.93. The van der Waals surface area contributed by atoms with E-state index in [1.165, 1.54) is 19.3 Å². The predicted molar refractivity (Wildman–Crippen MR) is 71.0 cm³/mol. The van der Waals surface area contributed by atoms with Crippen LogP contribution < -0.4 is 0 Å². The number of phenols is 1. The average Bonchev–Trinajstić information content (AvgIpc) is 2.29. The number of phenolic OH excluding ortho intramolecular Hbond substituents is 1. The van der Waals surface area contributed by atoms with Crippen molar-refractivity contribution in [1.29, 1.82) is 0 Å². The van der Waals surface area contributed by atoms with Crippen LogP contribution in [0.4, 0.5) is 0 Å². The Morgan fingerprint density at radius 2 is 2.12 bits per heavy atom. The molecule has 0 aromatic heterocycles. The molecule has 1 nitrogen and oxygen atoms in total. The maximum Gasteiger partial charge on any atom is 0.127 e. The van der Waals surface area contributed by atoms with Gasteiger partial charge in [-0.05, 0) is 42.1 Å². The summed E-state index contributed by atoms with van der Waals surface area (Å²) in [7, 11) is 0. The molecule has 3 atom stereocenters. The van der Waals surface area contributed by atoms with Crippen LogP contribution in [0, 0.1) is 23.8 Å². The number of rotatable bonds is 2. The van der Waals surface area contributed by atoms with Crippen molar-refractivity contribution in [2.75, 3.05) is 0 Å². The summed E-state index contributed by atoms with van der Waals surface area (Å²) in [6.07, 6.45) is 3.82. The molecule has 0 aliphatic heterocycles. The largest absolute Gasteiger partial charge is 0.507 e. The lowest BCUT2D eigenvalue weighted by molar-refractivity contribution is 0.194. The second-order valence-corrected chi connectivity index (χ2v) is 5.91. The van der Waals surface area contributed by atoms with Gasteiger partial charge in [-0.1, -0.05) is 45.4 Å². The van der Waals surface area contributed by atoms with Gasteiger partial charge in [0.1, 0.15) is 5.75 Å². The van der Waals surface area contributed by atoms with Gasteiger partial charge in [0.2, 0.25) is 0 Å². The molecule has 93 valence electrons. The quantitative estimate of drug-likeness (QED) is 0.801. The molecule has 1 aliphatic carbocycles. The first-order chi connectivity index (χ1) is 8.09. The van der Waals surface area contributed by atoms with E-state index in [9.17, 15) is 5.11 Å². The second kappa shape index (κ2) is 5.12. The summed E-state index contributed by atoms with van der Waals surface area (Å²) in [5.74, 6) is 3.03. The van der Waals surface area contributed by atoms with Crippen molar-refractivity contribution in [3.05, 3.63) is 29.8 Å². The van der Waals surface area contributed by atoms with E-state index in [1.807, 2.05) is 6.07 Å². The Bertz CT molecular complexity index is 370. The van der Waals surface area contributed by atoms with Crippen molar-refractivity contribution < 1.29 is 5.11 Å². The summed E-state index contributed by atoms with van der Waals surface area (Å²) in [5, 5.41) is 9.99. The van der Waals surface area contributed by atoms with Crippen LogP contribution in [0.3, 0.4) is 0 Å². The molecule has 0 heterocycles. The van der Waals surface area contributed by atoms with Crippen LogP contribution in [-0.2, 0) is 0 Å². The minimum atomic E-state index is 0.359. The van der Waals surface area contributed by atoms with Gasteiger partial charge in [-0.2, -0.15) is 0 Å². The molecule has 1 aromatic rings. The number of hydrogen-bond donors (Lipinski definition) is 1. The Morgan fingerprint density at radius 3 is 2.76 bits per heavy atom. The highest BCUT2D eigenvalue weighted by molar-refractivity contribution is 5.34. The minimum Gasteiger partial charge on any atom is -0.507 e. The smallest absolute Gasteiger partial charge is 0.127 e. The molecule has 1 radical (unpaired) electrons. The van der Waals surface area contributed by atoms with E-state index >= 15 is 0 Å². The van der Waals surface area contributed by atoms with Crippen molar-refractivity contribution in [3.63, 3.8) is 0 Å². The Labute approximate surface area is 105 Å². The molecule has 1 aromatic carbocycles. The lowest BCUT2D eigenvalue weighted by Gasteiger charge is -2.37. The average molecular weight is 231 g/mol. The lowest BCUT2D eigenvalue weighted by Crippen LogP contribution is -2.26. The predicted octanol–water partition coefficient (Wildman–Crippen LogP) is 4.37. The number of para-hydroxylation sites is 1. The summed E-state index contributed by atoms with van der Waals surface area (Å²) in [6, 6.07) is 8.78. The molecular weight excluding hydrogens is 208 g/mol. The van der Waals surface area contributed by atoms with Crippen LogP contribution in [0.2, 0.25) is 0 Å². The van der Waals surface area contributed by atoms with Gasteiger partial charge in [0.25, 0.3) is 0 Å². The molecule has 2 rings (SSSR count). The molecule has 17 heavy (non-hydrogen) atoms. The van der Waals surface area contributed by atoms with Crippen LogP contribution in [0.25, 0.3) is 0 Å². The van der Waals surface area contributed by atoms with Gasteiger partial charge < -0.3 is 5.11 Å². The molecule has 1 saturated carbocycles. The third kappa shape index (κ3) is 2.65. The zero-order chi connectivity index (χ0) is 12.4. The van der Waals surface area contributed by atoms with E-state index in [1.54, 1.807) is 6.07 Å². The van der Waals surface area contributed by atoms with Crippen molar-refractivity contribution in [3.8, 4) is 5.75 Å². The van der Waals surface area contributed by atoms with Gasteiger partial charge in [0, 0.05) is 6.07 Å². The number of hydrogen-bond acceptors (Lipinski definition) is 1. The van der Waals surface area contributed by atoms with Crippen molar-refractivity contribution in [2.45, 2.75) is 46.0 Å². The molecule has 1 N–H and O–H groups in total. The second-order valence-electron chi connectivity index (χ2n) is 5.91. The van der Waals surface area contributed by atoms with Crippen LogP contribution in [0.1, 0.15) is 51.5 Å². The summed E-state index contributed by atoms with van der Waals surface area (Å²) >= 11 is 0.